The number of carbonyl (C=O) groups is 1. The lowest BCUT2D eigenvalue weighted by Crippen LogP contribution is -2.43. The fourth-order valence-electron chi connectivity index (χ4n) is 3.92. The van der Waals surface area contributed by atoms with Crippen LogP contribution >= 0.6 is 0 Å². The first-order chi connectivity index (χ1) is 12.3. The Balaban J connectivity index is 1.52. The first kappa shape index (κ1) is 16.3. The van der Waals surface area contributed by atoms with E-state index < -0.39 is 0 Å². The van der Waals surface area contributed by atoms with Crippen molar-refractivity contribution in [3.05, 3.63) is 47.8 Å². The molecular formula is C19H24N4O2. The summed E-state index contributed by atoms with van der Waals surface area (Å²) in [5.41, 5.74) is 3.01. The molecule has 1 atom stereocenters. The molecule has 0 radical (unpaired) electrons. The van der Waals surface area contributed by atoms with Gasteiger partial charge < -0.3 is 14.6 Å². The number of fused-ring (bicyclic) bond motifs is 1. The summed E-state index contributed by atoms with van der Waals surface area (Å²) in [5.74, 6) is 0.0353. The molecule has 3 heterocycles. The Hall–Kier alpha value is -2.21. The van der Waals surface area contributed by atoms with E-state index in [2.05, 4.69) is 15.0 Å². The van der Waals surface area contributed by atoms with Gasteiger partial charge in [-0.2, -0.15) is 0 Å². The second-order valence-corrected chi connectivity index (χ2v) is 6.86. The normalized spacial score (nSPS) is 21.1. The van der Waals surface area contributed by atoms with Crippen LogP contribution in [-0.2, 0) is 16.0 Å². The van der Waals surface area contributed by atoms with Gasteiger partial charge in [-0.05, 0) is 24.5 Å². The van der Waals surface area contributed by atoms with Crippen LogP contribution in [0.5, 0.6) is 0 Å². The zero-order chi connectivity index (χ0) is 17.1. The van der Waals surface area contributed by atoms with Gasteiger partial charge in [0.05, 0.1) is 18.1 Å². The van der Waals surface area contributed by atoms with Crippen molar-refractivity contribution in [3.63, 3.8) is 0 Å². The summed E-state index contributed by atoms with van der Waals surface area (Å²) >= 11 is 0. The van der Waals surface area contributed by atoms with Gasteiger partial charge in [0.2, 0.25) is 5.91 Å². The molecule has 2 aromatic heterocycles. The number of hydrogen-bond acceptors (Lipinski definition) is 4. The minimum atomic E-state index is -0.189. The third-order valence-corrected chi connectivity index (χ3v) is 5.24. The van der Waals surface area contributed by atoms with Crippen molar-refractivity contribution in [2.24, 2.45) is 0 Å². The molecule has 1 aliphatic heterocycles. The van der Waals surface area contributed by atoms with Crippen LogP contribution in [0.2, 0.25) is 0 Å². The van der Waals surface area contributed by atoms with Gasteiger partial charge in [-0.3, -0.25) is 9.78 Å². The average molecular weight is 340 g/mol. The van der Waals surface area contributed by atoms with Crippen LogP contribution in [0.3, 0.4) is 0 Å². The highest BCUT2D eigenvalue weighted by atomic mass is 16.5. The summed E-state index contributed by atoms with van der Waals surface area (Å²) < 4.78 is 5.92. The Labute approximate surface area is 147 Å². The highest BCUT2D eigenvalue weighted by Gasteiger charge is 2.34. The SMILES string of the molecule is O=C(COC1CCCCC1)N1CCc2[nH]cnc2C1c1cccnc1. The predicted molar refractivity (Wildman–Crippen MR) is 92.9 cm³/mol. The molecule has 1 aliphatic carbocycles. The third-order valence-electron chi connectivity index (χ3n) is 5.24. The molecule has 1 saturated carbocycles. The van der Waals surface area contributed by atoms with Crippen molar-refractivity contribution in [1.82, 2.24) is 19.9 Å². The topological polar surface area (TPSA) is 71.1 Å². The largest absolute Gasteiger partial charge is 0.368 e. The molecule has 0 saturated heterocycles. The number of amides is 1. The summed E-state index contributed by atoms with van der Waals surface area (Å²) in [7, 11) is 0. The number of ether oxygens (including phenoxy) is 1. The monoisotopic (exact) mass is 340 g/mol. The molecule has 1 fully saturated rings. The van der Waals surface area contributed by atoms with Gasteiger partial charge in [0, 0.05) is 31.1 Å². The summed E-state index contributed by atoms with van der Waals surface area (Å²) in [6, 6.07) is 3.72. The number of carbonyl (C=O) groups excluding carboxylic acids is 1. The Kier molecular flexibility index (Phi) is 4.78. The number of nitrogens with one attached hydrogen (secondary N) is 1. The van der Waals surface area contributed by atoms with E-state index in [1.807, 2.05) is 23.2 Å². The lowest BCUT2D eigenvalue weighted by molar-refractivity contribution is -0.141. The molecule has 0 bridgehead atoms. The fourth-order valence-corrected chi connectivity index (χ4v) is 3.92. The molecule has 4 rings (SSSR count). The molecule has 0 spiro atoms. The number of aromatic amines is 1. The molecule has 1 amide bonds. The molecule has 25 heavy (non-hydrogen) atoms. The Morgan fingerprint density at radius 2 is 2.20 bits per heavy atom. The summed E-state index contributed by atoms with van der Waals surface area (Å²) in [6.45, 7) is 0.822. The number of aromatic nitrogens is 3. The van der Waals surface area contributed by atoms with Gasteiger partial charge in [-0.15, -0.1) is 0 Å². The van der Waals surface area contributed by atoms with Crippen LogP contribution in [-0.4, -0.2) is 45.0 Å². The van der Waals surface area contributed by atoms with Gasteiger partial charge in [0.15, 0.2) is 0 Å². The second-order valence-electron chi connectivity index (χ2n) is 6.86. The summed E-state index contributed by atoms with van der Waals surface area (Å²) in [5, 5.41) is 0. The molecule has 6 heteroatoms. The van der Waals surface area contributed by atoms with E-state index in [0.29, 0.717) is 6.54 Å². The number of H-pyrrole nitrogens is 1. The van der Waals surface area contributed by atoms with Crippen LogP contribution < -0.4 is 0 Å². The number of rotatable bonds is 4. The Bertz CT molecular complexity index is 709. The molecular weight excluding hydrogens is 316 g/mol. The maximum absolute atomic E-state index is 12.9. The van der Waals surface area contributed by atoms with E-state index in [1.165, 1.54) is 19.3 Å². The minimum absolute atomic E-state index is 0.0353. The van der Waals surface area contributed by atoms with Crippen LogP contribution in [0, 0.1) is 0 Å². The van der Waals surface area contributed by atoms with E-state index >= 15 is 0 Å². The van der Waals surface area contributed by atoms with Crippen LogP contribution in [0.4, 0.5) is 0 Å². The van der Waals surface area contributed by atoms with E-state index in [4.69, 9.17) is 4.74 Å². The molecule has 1 unspecified atom stereocenters. The maximum atomic E-state index is 12.9. The molecule has 2 aromatic rings. The summed E-state index contributed by atoms with van der Waals surface area (Å²) in [6.07, 6.45) is 12.1. The summed E-state index contributed by atoms with van der Waals surface area (Å²) in [4.78, 5) is 26.7. The lowest BCUT2D eigenvalue weighted by Gasteiger charge is -2.35. The zero-order valence-corrected chi connectivity index (χ0v) is 14.4. The van der Waals surface area contributed by atoms with E-state index in [9.17, 15) is 4.79 Å². The van der Waals surface area contributed by atoms with Crippen molar-refractivity contribution in [2.75, 3.05) is 13.2 Å². The second kappa shape index (κ2) is 7.35. The average Bonchev–Trinajstić information content (AvgIpc) is 3.15. The maximum Gasteiger partial charge on any atom is 0.249 e. The van der Waals surface area contributed by atoms with Crippen molar-refractivity contribution in [2.45, 2.75) is 50.7 Å². The standard InChI is InChI=1S/C19H24N4O2/c24-17(12-25-15-6-2-1-3-7-15)23-10-8-16-18(22-13-21-16)19(23)14-5-4-9-20-11-14/h4-5,9,11,13,15,19H,1-3,6-8,10,12H2,(H,21,22). The first-order valence-corrected chi connectivity index (χ1v) is 9.16. The number of nitrogens with zero attached hydrogens (tertiary/aromatic N) is 3. The van der Waals surface area contributed by atoms with Crippen molar-refractivity contribution < 1.29 is 9.53 Å². The van der Waals surface area contributed by atoms with Crippen molar-refractivity contribution in [3.8, 4) is 0 Å². The Morgan fingerprint density at radius 1 is 1.32 bits per heavy atom. The van der Waals surface area contributed by atoms with Crippen molar-refractivity contribution in [1.29, 1.82) is 0 Å². The van der Waals surface area contributed by atoms with Gasteiger partial charge in [0.25, 0.3) is 0 Å². The third kappa shape index (κ3) is 3.44. The van der Waals surface area contributed by atoms with Gasteiger partial charge >= 0.3 is 0 Å². The number of hydrogen-bond donors (Lipinski definition) is 1. The first-order valence-electron chi connectivity index (χ1n) is 9.16. The molecule has 6 nitrogen and oxygen atoms in total. The number of pyridine rings is 1. The van der Waals surface area contributed by atoms with Crippen LogP contribution in [0.15, 0.2) is 30.9 Å². The zero-order valence-electron chi connectivity index (χ0n) is 14.4. The smallest absolute Gasteiger partial charge is 0.249 e. The molecule has 2 aliphatic rings. The van der Waals surface area contributed by atoms with Gasteiger partial charge in [-0.1, -0.05) is 25.3 Å². The fraction of sp³-hybridized carbons (Fsp3) is 0.526. The van der Waals surface area contributed by atoms with E-state index in [1.54, 1.807) is 12.5 Å². The van der Waals surface area contributed by atoms with E-state index in [-0.39, 0.29) is 24.7 Å². The molecule has 1 N–H and O–H groups in total. The van der Waals surface area contributed by atoms with E-state index in [0.717, 1.165) is 36.2 Å². The van der Waals surface area contributed by atoms with Gasteiger partial charge in [-0.25, -0.2) is 4.98 Å². The molecule has 132 valence electrons. The van der Waals surface area contributed by atoms with Crippen LogP contribution in [0.1, 0.15) is 55.1 Å². The number of imidazole rings is 1. The predicted octanol–water partition coefficient (Wildman–Crippen LogP) is 2.63. The quantitative estimate of drug-likeness (QED) is 0.929. The minimum Gasteiger partial charge on any atom is -0.368 e. The van der Waals surface area contributed by atoms with Crippen molar-refractivity contribution >= 4 is 5.91 Å². The molecule has 0 aromatic carbocycles. The highest BCUT2D eigenvalue weighted by Crippen LogP contribution is 2.33. The van der Waals surface area contributed by atoms with Gasteiger partial charge in [0.1, 0.15) is 12.6 Å². The lowest BCUT2D eigenvalue weighted by atomic mass is 9.96. The Morgan fingerprint density at radius 3 is 3.00 bits per heavy atom. The van der Waals surface area contributed by atoms with Crippen LogP contribution in [0.25, 0.3) is 0 Å². The highest BCUT2D eigenvalue weighted by molar-refractivity contribution is 5.78.